The lowest BCUT2D eigenvalue weighted by molar-refractivity contribution is -0.143. The molecule has 3 nitrogen and oxygen atoms in total. The predicted molar refractivity (Wildman–Crippen MR) is 65.7 cm³/mol. The molecule has 1 aliphatic carbocycles. The lowest BCUT2D eigenvalue weighted by atomic mass is 9.92. The van der Waals surface area contributed by atoms with Crippen LogP contribution in [0.3, 0.4) is 0 Å². The Balaban J connectivity index is 2.47. The van der Waals surface area contributed by atoms with Crippen LogP contribution in [0.1, 0.15) is 24.0 Å². The molecule has 0 radical (unpaired) electrons. The van der Waals surface area contributed by atoms with Crippen LogP contribution in [-0.2, 0) is 14.9 Å². The van der Waals surface area contributed by atoms with E-state index in [9.17, 15) is 4.79 Å². The number of carbonyl (C=O) groups is 1. The Bertz CT molecular complexity index is 464. The second-order valence-corrected chi connectivity index (χ2v) is 4.78. The van der Waals surface area contributed by atoms with E-state index in [1.54, 1.807) is 7.11 Å². The summed E-state index contributed by atoms with van der Waals surface area (Å²) in [6.07, 6.45) is 1.65. The molecule has 0 aliphatic heterocycles. The van der Waals surface area contributed by atoms with Gasteiger partial charge in [0.25, 0.3) is 0 Å². The first kappa shape index (κ1) is 12.2. The van der Waals surface area contributed by atoms with Gasteiger partial charge in [-0.3, -0.25) is 4.79 Å². The molecule has 0 heterocycles. The fourth-order valence-electron chi connectivity index (χ4n) is 2.23. The Hall–Kier alpha value is -1.22. The Kier molecular flexibility index (Phi) is 3.04. The van der Waals surface area contributed by atoms with E-state index in [1.165, 1.54) is 7.11 Å². The maximum absolute atomic E-state index is 11.8. The van der Waals surface area contributed by atoms with Gasteiger partial charge < -0.3 is 9.47 Å². The SMILES string of the molecule is COC(=O)C1(c2cc(Cl)c(OC)cc2C)CC1. The summed E-state index contributed by atoms with van der Waals surface area (Å²) in [5.41, 5.74) is 1.48. The van der Waals surface area contributed by atoms with Gasteiger partial charge in [-0.05, 0) is 43.0 Å². The van der Waals surface area contributed by atoms with E-state index in [0.29, 0.717) is 10.8 Å². The maximum atomic E-state index is 11.8. The first-order valence-corrected chi connectivity index (χ1v) is 5.86. The molecule has 1 fully saturated rings. The van der Waals surface area contributed by atoms with Crippen LogP contribution in [0.15, 0.2) is 12.1 Å². The molecule has 0 bridgehead atoms. The lowest BCUT2D eigenvalue weighted by Gasteiger charge is -2.17. The van der Waals surface area contributed by atoms with Crippen molar-refractivity contribution < 1.29 is 14.3 Å². The summed E-state index contributed by atoms with van der Waals surface area (Å²) in [7, 11) is 3.00. The molecular weight excluding hydrogens is 240 g/mol. The Morgan fingerprint density at radius 2 is 2.00 bits per heavy atom. The van der Waals surface area contributed by atoms with Gasteiger partial charge >= 0.3 is 5.97 Å². The topological polar surface area (TPSA) is 35.5 Å². The molecule has 92 valence electrons. The summed E-state index contributed by atoms with van der Waals surface area (Å²) in [4.78, 5) is 11.8. The third-order valence-corrected chi connectivity index (χ3v) is 3.64. The molecule has 1 aliphatic rings. The Morgan fingerprint density at radius 1 is 1.35 bits per heavy atom. The van der Waals surface area contributed by atoms with Gasteiger partial charge in [-0.1, -0.05) is 11.6 Å². The third kappa shape index (κ3) is 1.89. The van der Waals surface area contributed by atoms with E-state index >= 15 is 0 Å². The summed E-state index contributed by atoms with van der Waals surface area (Å²) in [6, 6.07) is 3.68. The quantitative estimate of drug-likeness (QED) is 0.778. The molecule has 0 unspecified atom stereocenters. The van der Waals surface area contributed by atoms with Crippen molar-refractivity contribution in [2.75, 3.05) is 14.2 Å². The van der Waals surface area contributed by atoms with Crippen LogP contribution in [0, 0.1) is 6.92 Å². The number of ether oxygens (including phenoxy) is 2. The molecule has 1 saturated carbocycles. The molecule has 1 aromatic rings. The number of benzene rings is 1. The first-order chi connectivity index (χ1) is 8.05. The predicted octanol–water partition coefficient (Wildman–Crippen LogP) is 2.86. The number of methoxy groups -OCH3 is 2. The van der Waals surface area contributed by atoms with Gasteiger partial charge in [-0.2, -0.15) is 0 Å². The van der Waals surface area contributed by atoms with Crippen LogP contribution >= 0.6 is 11.6 Å². The van der Waals surface area contributed by atoms with Crippen LogP contribution in [0.4, 0.5) is 0 Å². The fourth-order valence-corrected chi connectivity index (χ4v) is 2.47. The molecule has 0 aromatic heterocycles. The Morgan fingerprint density at radius 3 is 2.47 bits per heavy atom. The van der Waals surface area contributed by atoms with E-state index in [4.69, 9.17) is 21.1 Å². The highest BCUT2D eigenvalue weighted by molar-refractivity contribution is 6.32. The number of carbonyl (C=O) groups excluding carboxylic acids is 1. The number of hydrogen-bond acceptors (Lipinski definition) is 3. The highest BCUT2D eigenvalue weighted by Crippen LogP contribution is 2.51. The van der Waals surface area contributed by atoms with E-state index in [-0.39, 0.29) is 5.97 Å². The molecule has 2 rings (SSSR count). The zero-order chi connectivity index (χ0) is 12.6. The van der Waals surface area contributed by atoms with Gasteiger partial charge in [0.05, 0.1) is 24.7 Å². The standard InChI is InChI=1S/C13H15ClO3/c1-8-6-11(16-2)10(14)7-9(8)13(4-5-13)12(15)17-3/h6-7H,4-5H2,1-3H3. The monoisotopic (exact) mass is 254 g/mol. The molecule has 0 saturated heterocycles. The van der Waals surface area contributed by atoms with Gasteiger partial charge in [0.1, 0.15) is 5.75 Å². The van der Waals surface area contributed by atoms with Crippen LogP contribution in [0.25, 0.3) is 0 Å². The van der Waals surface area contributed by atoms with Gasteiger partial charge in [-0.25, -0.2) is 0 Å². The van der Waals surface area contributed by atoms with Crippen molar-refractivity contribution >= 4 is 17.6 Å². The molecule has 0 atom stereocenters. The lowest BCUT2D eigenvalue weighted by Crippen LogP contribution is -2.22. The average molecular weight is 255 g/mol. The smallest absolute Gasteiger partial charge is 0.316 e. The van der Waals surface area contributed by atoms with Gasteiger partial charge in [0.15, 0.2) is 0 Å². The highest BCUT2D eigenvalue weighted by atomic mass is 35.5. The average Bonchev–Trinajstić information content (AvgIpc) is 3.11. The van der Waals surface area contributed by atoms with Crippen molar-refractivity contribution in [1.29, 1.82) is 0 Å². The molecule has 1 aromatic carbocycles. The minimum Gasteiger partial charge on any atom is -0.495 e. The summed E-state index contributed by atoms with van der Waals surface area (Å²) in [5, 5.41) is 0.531. The largest absolute Gasteiger partial charge is 0.495 e. The molecule has 4 heteroatoms. The third-order valence-electron chi connectivity index (χ3n) is 3.34. The number of rotatable bonds is 3. The summed E-state index contributed by atoms with van der Waals surface area (Å²) in [6.45, 7) is 1.96. The summed E-state index contributed by atoms with van der Waals surface area (Å²) in [5.74, 6) is 0.454. The van der Waals surface area contributed by atoms with Crippen molar-refractivity contribution in [3.8, 4) is 5.75 Å². The van der Waals surface area contributed by atoms with Gasteiger partial charge in [0, 0.05) is 0 Å². The molecule has 0 amide bonds. The van der Waals surface area contributed by atoms with Crippen LogP contribution in [0.2, 0.25) is 5.02 Å². The van der Waals surface area contributed by atoms with Crippen LogP contribution < -0.4 is 4.74 Å². The molecule has 0 spiro atoms. The van der Waals surface area contributed by atoms with Crippen molar-refractivity contribution in [1.82, 2.24) is 0 Å². The van der Waals surface area contributed by atoms with E-state index in [0.717, 1.165) is 24.0 Å². The van der Waals surface area contributed by atoms with E-state index in [2.05, 4.69) is 0 Å². The summed E-state index contributed by atoms with van der Waals surface area (Å²) >= 11 is 6.11. The molecule has 17 heavy (non-hydrogen) atoms. The van der Waals surface area contributed by atoms with Gasteiger partial charge in [0.2, 0.25) is 0 Å². The second kappa shape index (κ2) is 4.22. The van der Waals surface area contributed by atoms with Crippen molar-refractivity contribution in [2.45, 2.75) is 25.2 Å². The molecule has 0 N–H and O–H groups in total. The Labute approximate surface area is 106 Å². The van der Waals surface area contributed by atoms with E-state index < -0.39 is 5.41 Å². The van der Waals surface area contributed by atoms with Crippen LogP contribution in [0.5, 0.6) is 5.75 Å². The second-order valence-electron chi connectivity index (χ2n) is 4.38. The number of esters is 1. The number of aryl methyl sites for hydroxylation is 1. The summed E-state index contributed by atoms with van der Waals surface area (Å²) < 4.78 is 10.0. The number of halogens is 1. The number of hydrogen-bond donors (Lipinski definition) is 0. The van der Waals surface area contributed by atoms with Crippen molar-refractivity contribution in [3.63, 3.8) is 0 Å². The first-order valence-electron chi connectivity index (χ1n) is 5.48. The normalized spacial score (nSPS) is 16.5. The maximum Gasteiger partial charge on any atom is 0.316 e. The van der Waals surface area contributed by atoms with Crippen molar-refractivity contribution in [2.24, 2.45) is 0 Å². The highest BCUT2D eigenvalue weighted by Gasteiger charge is 2.53. The zero-order valence-electron chi connectivity index (χ0n) is 10.2. The zero-order valence-corrected chi connectivity index (χ0v) is 10.9. The fraction of sp³-hybridized carbons (Fsp3) is 0.462. The van der Waals surface area contributed by atoms with Crippen LogP contribution in [-0.4, -0.2) is 20.2 Å². The molecular formula is C13H15ClO3. The van der Waals surface area contributed by atoms with Crippen molar-refractivity contribution in [3.05, 3.63) is 28.3 Å². The van der Waals surface area contributed by atoms with Gasteiger partial charge in [-0.15, -0.1) is 0 Å². The van der Waals surface area contributed by atoms with E-state index in [1.807, 2.05) is 19.1 Å². The minimum absolute atomic E-state index is 0.179. The minimum atomic E-state index is -0.477.